The van der Waals surface area contributed by atoms with Gasteiger partial charge in [0, 0.05) is 0 Å². The minimum atomic E-state index is -0.314. The van der Waals surface area contributed by atoms with Crippen LogP contribution in [-0.4, -0.2) is 25.2 Å². The van der Waals surface area contributed by atoms with Crippen molar-refractivity contribution in [2.24, 2.45) is 0 Å². The van der Waals surface area contributed by atoms with Gasteiger partial charge in [-0.25, -0.2) is 9.59 Å². The second-order valence-electron chi connectivity index (χ2n) is 8.01. The SMILES string of the molecule is CCCCCCCCCc1cc(C(=O)OCCCCCCC)ccc1C(=O)OCC. The van der Waals surface area contributed by atoms with Crippen molar-refractivity contribution in [1.82, 2.24) is 0 Å². The maximum Gasteiger partial charge on any atom is 0.338 e. The first kappa shape index (κ1) is 26.2. The van der Waals surface area contributed by atoms with E-state index >= 15 is 0 Å². The fourth-order valence-electron chi connectivity index (χ4n) is 3.56. The maximum absolute atomic E-state index is 12.4. The number of ether oxygens (including phenoxy) is 2. The topological polar surface area (TPSA) is 52.6 Å². The van der Waals surface area contributed by atoms with Gasteiger partial charge in [0.1, 0.15) is 0 Å². The Morgan fingerprint density at radius 3 is 1.93 bits per heavy atom. The summed E-state index contributed by atoms with van der Waals surface area (Å²) in [6.45, 7) is 7.01. The molecule has 0 saturated carbocycles. The molecule has 0 atom stereocenters. The predicted molar refractivity (Wildman–Crippen MR) is 123 cm³/mol. The normalized spacial score (nSPS) is 10.8. The molecule has 0 spiro atoms. The molecule has 0 saturated heterocycles. The molecule has 1 aromatic rings. The lowest BCUT2D eigenvalue weighted by Gasteiger charge is -2.11. The van der Waals surface area contributed by atoms with Gasteiger partial charge < -0.3 is 9.47 Å². The van der Waals surface area contributed by atoms with E-state index < -0.39 is 0 Å². The molecule has 0 aromatic heterocycles. The molecule has 0 unspecified atom stereocenters. The molecule has 170 valence electrons. The summed E-state index contributed by atoms with van der Waals surface area (Å²) < 4.78 is 10.6. The van der Waals surface area contributed by atoms with Gasteiger partial charge in [-0.15, -0.1) is 0 Å². The Labute approximate surface area is 183 Å². The zero-order valence-electron chi connectivity index (χ0n) is 19.5. The Balaban J connectivity index is 2.63. The van der Waals surface area contributed by atoms with Crippen LogP contribution in [0.1, 0.15) is 124 Å². The minimum absolute atomic E-state index is 0.304. The summed E-state index contributed by atoms with van der Waals surface area (Å²) in [7, 11) is 0. The molecular formula is C26H42O4. The van der Waals surface area contributed by atoms with E-state index in [4.69, 9.17) is 9.47 Å². The lowest BCUT2D eigenvalue weighted by Crippen LogP contribution is -2.12. The summed E-state index contributed by atoms with van der Waals surface area (Å²) in [5, 5.41) is 0. The monoisotopic (exact) mass is 418 g/mol. The van der Waals surface area contributed by atoms with E-state index in [0.29, 0.717) is 24.3 Å². The van der Waals surface area contributed by atoms with Gasteiger partial charge in [0.05, 0.1) is 24.3 Å². The molecule has 0 heterocycles. The largest absolute Gasteiger partial charge is 0.462 e. The Morgan fingerprint density at radius 1 is 0.700 bits per heavy atom. The van der Waals surface area contributed by atoms with Crippen LogP contribution in [0.2, 0.25) is 0 Å². The summed E-state index contributed by atoms with van der Waals surface area (Å²) in [6.07, 6.45) is 14.9. The number of aryl methyl sites for hydroxylation is 1. The van der Waals surface area contributed by atoms with Crippen LogP contribution in [0.4, 0.5) is 0 Å². The van der Waals surface area contributed by atoms with Crippen molar-refractivity contribution in [3.63, 3.8) is 0 Å². The van der Waals surface area contributed by atoms with Gasteiger partial charge >= 0.3 is 11.9 Å². The zero-order valence-corrected chi connectivity index (χ0v) is 19.5. The van der Waals surface area contributed by atoms with Crippen LogP contribution in [0.15, 0.2) is 18.2 Å². The molecule has 0 aliphatic carbocycles. The van der Waals surface area contributed by atoms with Crippen LogP contribution < -0.4 is 0 Å². The first-order valence-corrected chi connectivity index (χ1v) is 12.1. The fraction of sp³-hybridized carbons (Fsp3) is 0.692. The summed E-state index contributed by atoms with van der Waals surface area (Å²) >= 11 is 0. The highest BCUT2D eigenvalue weighted by atomic mass is 16.5. The molecule has 30 heavy (non-hydrogen) atoms. The molecule has 0 aliphatic heterocycles. The molecule has 0 bridgehead atoms. The highest BCUT2D eigenvalue weighted by Crippen LogP contribution is 2.19. The molecule has 4 nitrogen and oxygen atoms in total. The lowest BCUT2D eigenvalue weighted by molar-refractivity contribution is 0.0491. The second-order valence-corrected chi connectivity index (χ2v) is 8.01. The molecular weight excluding hydrogens is 376 g/mol. The Kier molecular flexibility index (Phi) is 14.8. The standard InChI is InChI=1S/C26H42O4/c1-4-7-9-11-12-13-15-17-22-21-23(18-19-24(22)26(28)29-6-3)25(27)30-20-16-14-10-8-5-2/h18-19,21H,4-17,20H2,1-3H3. The third-order valence-electron chi connectivity index (χ3n) is 5.37. The molecule has 0 fully saturated rings. The van der Waals surface area contributed by atoms with Gasteiger partial charge in [-0.1, -0.05) is 78.1 Å². The Bertz CT molecular complexity index is 609. The molecule has 0 aliphatic rings. The van der Waals surface area contributed by atoms with Gasteiger partial charge in [0.15, 0.2) is 0 Å². The van der Waals surface area contributed by atoms with Crippen LogP contribution in [0.3, 0.4) is 0 Å². The van der Waals surface area contributed by atoms with Crippen LogP contribution in [0.5, 0.6) is 0 Å². The van der Waals surface area contributed by atoms with E-state index in [0.717, 1.165) is 37.7 Å². The van der Waals surface area contributed by atoms with E-state index in [9.17, 15) is 9.59 Å². The van der Waals surface area contributed by atoms with E-state index in [1.807, 2.05) is 6.07 Å². The van der Waals surface area contributed by atoms with E-state index in [1.165, 1.54) is 51.4 Å². The number of carbonyl (C=O) groups excluding carboxylic acids is 2. The predicted octanol–water partition coefficient (Wildman–Crippen LogP) is 7.28. The summed E-state index contributed by atoms with van der Waals surface area (Å²) in [5.74, 6) is -0.618. The number of rotatable bonds is 17. The maximum atomic E-state index is 12.4. The van der Waals surface area contributed by atoms with Gasteiger partial charge in [-0.05, 0) is 49.9 Å². The van der Waals surface area contributed by atoms with Crippen molar-refractivity contribution in [3.05, 3.63) is 34.9 Å². The third-order valence-corrected chi connectivity index (χ3v) is 5.37. The number of carbonyl (C=O) groups is 2. The van der Waals surface area contributed by atoms with Gasteiger partial charge in [0.25, 0.3) is 0 Å². The number of benzene rings is 1. The third kappa shape index (κ3) is 10.8. The number of hydrogen-bond acceptors (Lipinski definition) is 4. The second kappa shape index (κ2) is 16.9. The van der Waals surface area contributed by atoms with Crippen LogP contribution >= 0.6 is 0 Å². The van der Waals surface area contributed by atoms with Crippen molar-refractivity contribution in [2.75, 3.05) is 13.2 Å². The number of hydrogen-bond donors (Lipinski definition) is 0. The highest BCUT2D eigenvalue weighted by Gasteiger charge is 2.16. The molecule has 4 heteroatoms. The average Bonchev–Trinajstić information content (AvgIpc) is 2.75. The van der Waals surface area contributed by atoms with E-state index in [1.54, 1.807) is 19.1 Å². The Hall–Kier alpha value is -1.84. The average molecular weight is 419 g/mol. The van der Waals surface area contributed by atoms with Gasteiger partial charge in [-0.3, -0.25) is 0 Å². The lowest BCUT2D eigenvalue weighted by atomic mass is 9.98. The van der Waals surface area contributed by atoms with Crippen LogP contribution in [0, 0.1) is 0 Å². The molecule has 0 radical (unpaired) electrons. The molecule has 0 amide bonds. The number of unbranched alkanes of at least 4 members (excludes halogenated alkanes) is 10. The van der Waals surface area contributed by atoms with Crippen molar-refractivity contribution >= 4 is 11.9 Å². The smallest absolute Gasteiger partial charge is 0.338 e. The van der Waals surface area contributed by atoms with Crippen molar-refractivity contribution < 1.29 is 19.1 Å². The summed E-state index contributed by atoms with van der Waals surface area (Å²) in [4.78, 5) is 24.7. The van der Waals surface area contributed by atoms with E-state index in [-0.39, 0.29) is 11.9 Å². The Morgan fingerprint density at radius 2 is 1.30 bits per heavy atom. The highest BCUT2D eigenvalue weighted by molar-refractivity contribution is 5.94. The molecule has 0 N–H and O–H groups in total. The minimum Gasteiger partial charge on any atom is -0.462 e. The van der Waals surface area contributed by atoms with Crippen molar-refractivity contribution in [1.29, 1.82) is 0 Å². The first-order chi connectivity index (χ1) is 14.6. The van der Waals surface area contributed by atoms with E-state index in [2.05, 4.69) is 13.8 Å². The number of esters is 2. The van der Waals surface area contributed by atoms with Gasteiger partial charge in [0.2, 0.25) is 0 Å². The van der Waals surface area contributed by atoms with Crippen LogP contribution in [0.25, 0.3) is 0 Å². The zero-order chi connectivity index (χ0) is 22.0. The first-order valence-electron chi connectivity index (χ1n) is 12.1. The van der Waals surface area contributed by atoms with Crippen LogP contribution in [-0.2, 0) is 15.9 Å². The van der Waals surface area contributed by atoms with Gasteiger partial charge in [-0.2, -0.15) is 0 Å². The fourth-order valence-corrected chi connectivity index (χ4v) is 3.56. The van der Waals surface area contributed by atoms with Crippen molar-refractivity contribution in [3.8, 4) is 0 Å². The quantitative estimate of drug-likeness (QED) is 0.197. The summed E-state index contributed by atoms with van der Waals surface area (Å²) in [6, 6.07) is 5.22. The summed E-state index contributed by atoms with van der Waals surface area (Å²) in [5.41, 5.74) is 1.98. The molecule has 1 rings (SSSR count). The van der Waals surface area contributed by atoms with Crippen molar-refractivity contribution in [2.45, 2.75) is 104 Å². The molecule has 1 aromatic carbocycles.